The van der Waals surface area contributed by atoms with Crippen molar-refractivity contribution in [3.63, 3.8) is 0 Å². The molecule has 0 aromatic rings. The molecule has 0 unspecified atom stereocenters. The molecule has 2 amide bonds. The molecule has 0 aromatic heterocycles. The molecule has 2 rings (SSSR count). The van der Waals surface area contributed by atoms with E-state index in [0.29, 0.717) is 5.41 Å². The second-order valence-corrected chi connectivity index (χ2v) is 5.25. The summed E-state index contributed by atoms with van der Waals surface area (Å²) in [5, 5.41) is 3.07. The van der Waals surface area contributed by atoms with Crippen molar-refractivity contribution in [3.8, 4) is 0 Å². The monoisotopic (exact) mass is 225 g/mol. The van der Waals surface area contributed by atoms with Crippen molar-refractivity contribution in [2.24, 2.45) is 11.1 Å². The van der Waals surface area contributed by atoms with Crippen LogP contribution >= 0.6 is 0 Å². The van der Waals surface area contributed by atoms with E-state index >= 15 is 0 Å². The minimum Gasteiger partial charge on any atom is -0.337 e. The van der Waals surface area contributed by atoms with Crippen LogP contribution in [0.2, 0.25) is 0 Å². The molecular weight excluding hydrogens is 202 g/mol. The fourth-order valence-corrected chi connectivity index (χ4v) is 2.47. The number of nitrogens with one attached hydrogen (secondary N) is 1. The van der Waals surface area contributed by atoms with Crippen LogP contribution in [-0.2, 0) is 0 Å². The first-order valence-corrected chi connectivity index (χ1v) is 6.49. The Morgan fingerprint density at radius 3 is 2.50 bits per heavy atom. The highest BCUT2D eigenvalue weighted by atomic mass is 16.2. The molecule has 2 fully saturated rings. The van der Waals surface area contributed by atoms with E-state index in [9.17, 15) is 4.79 Å². The highest BCUT2D eigenvalue weighted by molar-refractivity contribution is 5.74. The normalized spacial score (nSPS) is 22.9. The molecule has 3 N–H and O–H groups in total. The molecule has 0 bridgehead atoms. The molecule has 2 aliphatic rings. The number of nitrogens with two attached hydrogens (primary N) is 1. The van der Waals surface area contributed by atoms with Gasteiger partial charge in [0.2, 0.25) is 0 Å². The van der Waals surface area contributed by atoms with Crippen molar-refractivity contribution in [1.82, 2.24) is 10.2 Å². The van der Waals surface area contributed by atoms with Crippen molar-refractivity contribution >= 4 is 6.03 Å². The summed E-state index contributed by atoms with van der Waals surface area (Å²) in [6, 6.07) is 0.128. The molecule has 0 spiro atoms. The van der Waals surface area contributed by atoms with Gasteiger partial charge in [0.05, 0.1) is 0 Å². The highest BCUT2D eigenvalue weighted by Gasteiger charge is 2.41. The largest absolute Gasteiger partial charge is 0.337 e. The highest BCUT2D eigenvalue weighted by Crippen LogP contribution is 2.47. The molecule has 92 valence electrons. The summed E-state index contributed by atoms with van der Waals surface area (Å²) in [4.78, 5) is 13.8. The van der Waals surface area contributed by atoms with Gasteiger partial charge in [-0.3, -0.25) is 0 Å². The molecule has 1 saturated heterocycles. The lowest BCUT2D eigenvalue weighted by Gasteiger charge is -2.27. The van der Waals surface area contributed by atoms with Gasteiger partial charge in [0.1, 0.15) is 0 Å². The quantitative estimate of drug-likeness (QED) is 0.758. The Hall–Kier alpha value is -0.770. The molecular formula is C12H23N3O. The van der Waals surface area contributed by atoms with Crippen LogP contribution in [0.3, 0.4) is 0 Å². The second kappa shape index (κ2) is 5.04. The summed E-state index contributed by atoms with van der Waals surface area (Å²) < 4.78 is 0. The van der Waals surface area contributed by atoms with Gasteiger partial charge in [-0.1, -0.05) is 0 Å². The fraction of sp³-hybridized carbons (Fsp3) is 0.917. The molecule has 16 heavy (non-hydrogen) atoms. The van der Waals surface area contributed by atoms with Crippen LogP contribution in [0.25, 0.3) is 0 Å². The molecule has 4 nitrogen and oxygen atoms in total. The van der Waals surface area contributed by atoms with Gasteiger partial charge in [-0.2, -0.15) is 0 Å². The fourth-order valence-electron chi connectivity index (χ4n) is 2.47. The summed E-state index contributed by atoms with van der Waals surface area (Å²) in [6.45, 7) is 3.41. The molecule has 4 heteroatoms. The number of carbonyl (C=O) groups excluding carboxylic acids is 1. The molecule has 1 heterocycles. The number of hydrogen-bond donors (Lipinski definition) is 2. The minimum absolute atomic E-state index is 0.128. The lowest BCUT2D eigenvalue weighted by atomic mass is 10.0. The van der Waals surface area contributed by atoms with Crippen LogP contribution < -0.4 is 11.1 Å². The average Bonchev–Trinajstić information content (AvgIpc) is 3.08. The van der Waals surface area contributed by atoms with Crippen LogP contribution in [-0.4, -0.2) is 37.1 Å². The Morgan fingerprint density at radius 1 is 1.25 bits per heavy atom. The number of carbonyl (C=O) groups is 1. The van der Waals surface area contributed by atoms with E-state index in [1.807, 2.05) is 4.90 Å². The molecule has 0 aromatic carbocycles. The maximum Gasteiger partial charge on any atom is 0.317 e. The Labute approximate surface area is 97.6 Å². The number of urea groups is 1. The van der Waals surface area contributed by atoms with Gasteiger partial charge in [0.25, 0.3) is 0 Å². The summed E-state index contributed by atoms with van der Waals surface area (Å²) in [5.41, 5.74) is 5.93. The smallest absolute Gasteiger partial charge is 0.317 e. The summed E-state index contributed by atoms with van der Waals surface area (Å²) in [5.74, 6) is 0. The van der Waals surface area contributed by atoms with Crippen molar-refractivity contribution in [2.45, 2.75) is 38.5 Å². The van der Waals surface area contributed by atoms with Gasteiger partial charge in [0, 0.05) is 19.6 Å². The predicted octanol–water partition coefficient (Wildman–Crippen LogP) is 1.31. The number of hydrogen-bond acceptors (Lipinski definition) is 2. The molecule has 0 atom stereocenters. The van der Waals surface area contributed by atoms with Crippen LogP contribution in [0.1, 0.15) is 38.5 Å². The van der Waals surface area contributed by atoms with Crippen molar-refractivity contribution in [1.29, 1.82) is 0 Å². The first kappa shape index (κ1) is 11.7. The van der Waals surface area contributed by atoms with Crippen molar-refractivity contribution in [3.05, 3.63) is 0 Å². The Kier molecular flexibility index (Phi) is 3.69. The third-order valence-corrected chi connectivity index (χ3v) is 3.89. The first-order chi connectivity index (χ1) is 7.76. The van der Waals surface area contributed by atoms with E-state index in [-0.39, 0.29) is 6.03 Å². The number of rotatable bonds is 4. The van der Waals surface area contributed by atoms with Crippen molar-refractivity contribution < 1.29 is 4.79 Å². The van der Waals surface area contributed by atoms with E-state index in [0.717, 1.165) is 45.4 Å². The third kappa shape index (κ3) is 2.88. The lowest BCUT2D eigenvalue weighted by molar-refractivity contribution is 0.183. The number of nitrogens with zero attached hydrogens (tertiary/aromatic N) is 1. The average molecular weight is 225 g/mol. The SMILES string of the molecule is NCCC1(CNC(=O)N2CCCCC2)CC1. The number of amides is 2. The van der Waals surface area contributed by atoms with E-state index in [2.05, 4.69) is 5.32 Å². The first-order valence-electron chi connectivity index (χ1n) is 6.49. The zero-order chi connectivity index (χ0) is 11.4. The molecule has 1 saturated carbocycles. The maximum atomic E-state index is 11.9. The number of likely N-dealkylation sites (tertiary alicyclic amines) is 1. The zero-order valence-corrected chi connectivity index (χ0v) is 10.0. The summed E-state index contributed by atoms with van der Waals surface area (Å²) in [7, 11) is 0. The summed E-state index contributed by atoms with van der Waals surface area (Å²) in [6.07, 6.45) is 7.08. The Morgan fingerprint density at radius 2 is 1.94 bits per heavy atom. The maximum absolute atomic E-state index is 11.9. The number of piperidine rings is 1. The van der Waals surface area contributed by atoms with Gasteiger partial charge >= 0.3 is 6.03 Å². The van der Waals surface area contributed by atoms with Gasteiger partial charge in [-0.15, -0.1) is 0 Å². The zero-order valence-electron chi connectivity index (χ0n) is 10.0. The van der Waals surface area contributed by atoms with Gasteiger partial charge < -0.3 is 16.0 Å². The van der Waals surface area contributed by atoms with E-state index in [4.69, 9.17) is 5.73 Å². The summed E-state index contributed by atoms with van der Waals surface area (Å²) >= 11 is 0. The third-order valence-electron chi connectivity index (χ3n) is 3.89. The van der Waals surface area contributed by atoms with E-state index in [1.165, 1.54) is 19.3 Å². The van der Waals surface area contributed by atoms with Crippen molar-refractivity contribution in [2.75, 3.05) is 26.2 Å². The van der Waals surface area contributed by atoms with Crippen LogP contribution in [0, 0.1) is 5.41 Å². The topological polar surface area (TPSA) is 58.4 Å². The van der Waals surface area contributed by atoms with Crippen LogP contribution in [0.5, 0.6) is 0 Å². The second-order valence-electron chi connectivity index (χ2n) is 5.25. The van der Waals surface area contributed by atoms with Gasteiger partial charge in [0.15, 0.2) is 0 Å². The van der Waals surface area contributed by atoms with Gasteiger partial charge in [-0.25, -0.2) is 4.79 Å². The standard InChI is InChI=1S/C12H23N3O/c13-7-6-12(4-5-12)10-14-11(16)15-8-2-1-3-9-15/h1-10,13H2,(H,14,16). The van der Waals surface area contributed by atoms with Crippen LogP contribution in [0.4, 0.5) is 4.79 Å². The minimum atomic E-state index is 0.128. The molecule has 1 aliphatic heterocycles. The lowest BCUT2D eigenvalue weighted by Crippen LogP contribution is -2.44. The van der Waals surface area contributed by atoms with Crippen LogP contribution in [0.15, 0.2) is 0 Å². The molecule has 0 radical (unpaired) electrons. The Bertz CT molecular complexity index is 245. The Balaban J connectivity index is 1.70. The predicted molar refractivity (Wildman–Crippen MR) is 64.2 cm³/mol. The van der Waals surface area contributed by atoms with E-state index < -0.39 is 0 Å². The van der Waals surface area contributed by atoms with Gasteiger partial charge in [-0.05, 0) is 50.5 Å². The van der Waals surface area contributed by atoms with E-state index in [1.54, 1.807) is 0 Å². The molecule has 1 aliphatic carbocycles.